The van der Waals surface area contributed by atoms with Crippen LogP contribution in [0.5, 0.6) is 11.5 Å². The Morgan fingerprint density at radius 3 is 2.36 bits per heavy atom. The molecule has 0 saturated carbocycles. The van der Waals surface area contributed by atoms with Crippen LogP contribution in [0.3, 0.4) is 0 Å². The van der Waals surface area contributed by atoms with E-state index in [4.69, 9.17) is 18.9 Å². The van der Waals surface area contributed by atoms with Gasteiger partial charge in [-0.2, -0.15) is 0 Å². The van der Waals surface area contributed by atoms with E-state index in [0.717, 1.165) is 79.0 Å². The lowest BCUT2D eigenvalue weighted by atomic mass is 10.1. The molecule has 2 heterocycles. The van der Waals surface area contributed by atoms with Gasteiger partial charge >= 0.3 is 0 Å². The topological polar surface area (TPSA) is 47.7 Å². The number of benzene rings is 2. The Bertz CT molecular complexity index is 870. The average Bonchev–Trinajstić information content (AvgIpc) is 3.06. The maximum Gasteiger partial charge on any atom is 0.195 e. The van der Waals surface area contributed by atoms with Gasteiger partial charge in [-0.05, 0) is 57.7 Å². The zero-order valence-corrected chi connectivity index (χ0v) is 16.5. The zero-order chi connectivity index (χ0) is 19.3. The predicted molar refractivity (Wildman–Crippen MR) is 110 cm³/mol. The molecule has 0 N–H and O–H groups in total. The molecule has 0 aliphatic carbocycles. The van der Waals surface area contributed by atoms with Crippen LogP contribution in [0.25, 0.3) is 22.6 Å². The summed E-state index contributed by atoms with van der Waals surface area (Å²) in [4.78, 5) is 6.97. The molecule has 0 amide bonds. The molecule has 0 spiro atoms. The van der Waals surface area contributed by atoms with Gasteiger partial charge in [0, 0.05) is 25.2 Å². The predicted octanol–water partition coefficient (Wildman–Crippen LogP) is 5.02. The van der Waals surface area contributed by atoms with Crippen molar-refractivity contribution in [1.82, 2.24) is 9.88 Å². The smallest absolute Gasteiger partial charge is 0.195 e. The third kappa shape index (κ3) is 4.11. The molecule has 3 aromatic rings. The number of para-hydroxylation sites is 2. The molecular weight excluding hydrogens is 352 g/mol. The van der Waals surface area contributed by atoms with Crippen LogP contribution in [0.2, 0.25) is 0 Å². The fraction of sp³-hybridized carbons (Fsp3) is 0.348. The highest BCUT2D eigenvalue weighted by molar-refractivity contribution is 5.85. The SMILES string of the molecule is CN(C)CCCOCCCc1nc2c(o1)-c1ccccc1Oc1ccccc1-2. The summed E-state index contributed by atoms with van der Waals surface area (Å²) in [5.74, 6) is 3.12. The maximum atomic E-state index is 6.18. The Balaban J connectivity index is 1.48. The molecule has 0 atom stereocenters. The summed E-state index contributed by atoms with van der Waals surface area (Å²) in [6, 6.07) is 15.9. The first-order chi connectivity index (χ1) is 13.7. The number of hydrogen-bond acceptors (Lipinski definition) is 5. The van der Waals surface area contributed by atoms with E-state index in [-0.39, 0.29) is 0 Å². The van der Waals surface area contributed by atoms with Crippen molar-refractivity contribution in [3.63, 3.8) is 0 Å². The van der Waals surface area contributed by atoms with Crippen molar-refractivity contribution in [3.05, 3.63) is 54.4 Å². The molecule has 2 aromatic carbocycles. The van der Waals surface area contributed by atoms with Gasteiger partial charge in [0.15, 0.2) is 11.7 Å². The van der Waals surface area contributed by atoms with E-state index in [2.05, 4.69) is 19.0 Å². The van der Waals surface area contributed by atoms with Crippen molar-refractivity contribution in [2.45, 2.75) is 19.3 Å². The maximum absolute atomic E-state index is 6.18. The molecule has 0 unspecified atom stereocenters. The molecule has 5 heteroatoms. The summed E-state index contributed by atoms with van der Waals surface area (Å²) < 4.78 is 18.0. The summed E-state index contributed by atoms with van der Waals surface area (Å²) in [5, 5.41) is 0. The number of hydrogen-bond donors (Lipinski definition) is 0. The summed E-state index contributed by atoms with van der Waals surface area (Å²) in [7, 11) is 4.15. The van der Waals surface area contributed by atoms with Crippen molar-refractivity contribution in [2.75, 3.05) is 33.9 Å². The van der Waals surface area contributed by atoms with Gasteiger partial charge in [-0.15, -0.1) is 0 Å². The van der Waals surface area contributed by atoms with E-state index in [0.29, 0.717) is 0 Å². The van der Waals surface area contributed by atoms with Crippen LogP contribution >= 0.6 is 0 Å². The molecular formula is C23H26N2O3. The van der Waals surface area contributed by atoms with Crippen LogP contribution < -0.4 is 4.74 Å². The van der Waals surface area contributed by atoms with Crippen molar-refractivity contribution >= 4 is 0 Å². The summed E-state index contributed by atoms with van der Waals surface area (Å²) in [5.41, 5.74) is 2.75. The van der Waals surface area contributed by atoms with E-state index < -0.39 is 0 Å². The average molecular weight is 378 g/mol. The summed E-state index contributed by atoms with van der Waals surface area (Å²) in [6.45, 7) is 2.56. The van der Waals surface area contributed by atoms with Gasteiger partial charge in [0.1, 0.15) is 17.2 Å². The van der Waals surface area contributed by atoms with Crippen LogP contribution in [0.1, 0.15) is 18.7 Å². The second-order valence-electron chi connectivity index (χ2n) is 7.25. The van der Waals surface area contributed by atoms with E-state index in [1.54, 1.807) is 0 Å². The monoisotopic (exact) mass is 378 g/mol. The highest BCUT2D eigenvalue weighted by atomic mass is 16.5. The lowest BCUT2D eigenvalue weighted by Gasteiger charge is -2.09. The fourth-order valence-corrected chi connectivity index (χ4v) is 3.36. The van der Waals surface area contributed by atoms with Gasteiger partial charge < -0.3 is 18.8 Å². The van der Waals surface area contributed by atoms with Gasteiger partial charge in [0.25, 0.3) is 0 Å². The van der Waals surface area contributed by atoms with E-state index in [1.807, 2.05) is 48.5 Å². The fourth-order valence-electron chi connectivity index (χ4n) is 3.36. The number of nitrogens with zero attached hydrogens (tertiary/aromatic N) is 2. The van der Waals surface area contributed by atoms with Gasteiger partial charge in [-0.1, -0.05) is 24.3 Å². The first-order valence-electron chi connectivity index (χ1n) is 9.81. The lowest BCUT2D eigenvalue weighted by molar-refractivity contribution is 0.122. The van der Waals surface area contributed by atoms with Crippen molar-refractivity contribution in [2.24, 2.45) is 0 Å². The van der Waals surface area contributed by atoms with E-state index >= 15 is 0 Å². The van der Waals surface area contributed by atoms with Crippen LogP contribution in [-0.2, 0) is 11.2 Å². The van der Waals surface area contributed by atoms with Crippen molar-refractivity contribution < 1.29 is 13.9 Å². The van der Waals surface area contributed by atoms with E-state index in [9.17, 15) is 0 Å². The minimum atomic E-state index is 0.719. The second kappa shape index (κ2) is 8.59. The third-order valence-corrected chi connectivity index (χ3v) is 4.74. The van der Waals surface area contributed by atoms with Crippen molar-refractivity contribution in [3.8, 4) is 34.1 Å². The molecule has 0 radical (unpaired) electrons. The molecule has 28 heavy (non-hydrogen) atoms. The normalized spacial score (nSPS) is 12.1. The number of aryl methyl sites for hydroxylation is 1. The first-order valence-corrected chi connectivity index (χ1v) is 9.81. The molecule has 1 aliphatic rings. The van der Waals surface area contributed by atoms with Crippen LogP contribution in [0.4, 0.5) is 0 Å². The number of fused-ring (bicyclic) bond motifs is 5. The molecule has 1 aromatic heterocycles. The molecule has 5 nitrogen and oxygen atoms in total. The Morgan fingerprint density at radius 1 is 0.893 bits per heavy atom. The quantitative estimate of drug-likeness (QED) is 0.403. The van der Waals surface area contributed by atoms with E-state index in [1.165, 1.54) is 0 Å². The number of rotatable bonds is 8. The Hall–Kier alpha value is -2.63. The minimum absolute atomic E-state index is 0.719. The third-order valence-electron chi connectivity index (χ3n) is 4.74. The molecule has 0 saturated heterocycles. The van der Waals surface area contributed by atoms with Crippen LogP contribution in [0, 0.1) is 0 Å². The van der Waals surface area contributed by atoms with Crippen LogP contribution in [0.15, 0.2) is 52.9 Å². The molecule has 0 fully saturated rings. The first kappa shape index (κ1) is 18.7. The standard InChI is InChI=1S/C23H26N2O3/c1-25(2)14-8-16-26-15-7-13-21-24-22-17-9-3-5-11-19(17)27-20-12-6-4-10-18(20)23(22)28-21/h3-6,9-12H,7-8,13-16H2,1-2H3. The highest BCUT2D eigenvalue weighted by Gasteiger charge is 2.25. The largest absolute Gasteiger partial charge is 0.456 e. The number of oxazole rings is 1. The Kier molecular flexibility index (Phi) is 5.74. The van der Waals surface area contributed by atoms with Gasteiger partial charge in [-0.3, -0.25) is 0 Å². The second-order valence-corrected chi connectivity index (χ2v) is 7.25. The molecule has 1 aliphatic heterocycles. The number of ether oxygens (including phenoxy) is 2. The Labute approximate surface area is 165 Å². The summed E-state index contributed by atoms with van der Waals surface area (Å²) in [6.07, 6.45) is 2.70. The molecule has 0 bridgehead atoms. The van der Waals surface area contributed by atoms with Crippen LogP contribution in [-0.4, -0.2) is 43.7 Å². The minimum Gasteiger partial charge on any atom is -0.456 e. The zero-order valence-electron chi connectivity index (χ0n) is 16.5. The molecule has 146 valence electrons. The van der Waals surface area contributed by atoms with Crippen molar-refractivity contribution in [1.29, 1.82) is 0 Å². The lowest BCUT2D eigenvalue weighted by Crippen LogP contribution is -2.15. The highest BCUT2D eigenvalue weighted by Crippen LogP contribution is 2.46. The van der Waals surface area contributed by atoms with Gasteiger partial charge in [0.05, 0.1) is 5.56 Å². The van der Waals surface area contributed by atoms with Gasteiger partial charge in [0.2, 0.25) is 0 Å². The Morgan fingerprint density at radius 2 is 1.57 bits per heavy atom. The van der Waals surface area contributed by atoms with Gasteiger partial charge in [-0.25, -0.2) is 4.98 Å². The number of aromatic nitrogens is 1. The summed E-state index contributed by atoms with van der Waals surface area (Å²) >= 11 is 0. The molecule has 4 rings (SSSR count).